The van der Waals surface area contributed by atoms with Gasteiger partial charge >= 0.3 is 0 Å². The zero-order valence-electron chi connectivity index (χ0n) is 11.1. The number of aliphatic hydroxyl groups excluding tert-OH is 1. The lowest BCUT2D eigenvalue weighted by atomic mass is 10.0. The fourth-order valence-corrected chi connectivity index (χ4v) is 3.98. The molecule has 1 unspecified atom stereocenters. The van der Waals surface area contributed by atoms with E-state index in [4.69, 9.17) is 10.1 Å². The molecule has 1 aliphatic heterocycles. The number of rotatable bonds is 4. The van der Waals surface area contributed by atoms with Gasteiger partial charge in [0, 0.05) is 13.2 Å². The van der Waals surface area contributed by atoms with Crippen LogP contribution in [0, 0.1) is 0 Å². The highest BCUT2D eigenvalue weighted by molar-refractivity contribution is 7.18. The van der Waals surface area contributed by atoms with Gasteiger partial charge in [0.15, 0.2) is 0 Å². The van der Waals surface area contributed by atoms with Crippen molar-refractivity contribution in [3.8, 4) is 0 Å². The molecule has 0 saturated carbocycles. The fourth-order valence-electron chi connectivity index (χ4n) is 2.84. The van der Waals surface area contributed by atoms with E-state index in [1.807, 2.05) is 11.3 Å². The summed E-state index contributed by atoms with van der Waals surface area (Å²) in [5, 5.41) is 10.3. The van der Waals surface area contributed by atoms with E-state index in [0.717, 1.165) is 25.0 Å². The zero-order valence-corrected chi connectivity index (χ0v) is 11.9. The number of piperidine rings is 1. The van der Waals surface area contributed by atoms with Gasteiger partial charge in [-0.1, -0.05) is 18.6 Å². The quantitative estimate of drug-likeness (QED) is 0.931. The summed E-state index contributed by atoms with van der Waals surface area (Å²) in [7, 11) is 0. The second-order valence-electron chi connectivity index (χ2n) is 5.14. The molecule has 102 valence electrons. The number of thiazole rings is 1. The van der Waals surface area contributed by atoms with E-state index in [1.165, 1.54) is 29.0 Å². The third-order valence-corrected chi connectivity index (χ3v) is 4.95. The van der Waals surface area contributed by atoms with Crippen LogP contribution < -0.4 is 0 Å². The average Bonchev–Trinajstić information content (AvgIpc) is 2.89. The van der Waals surface area contributed by atoms with Crippen LogP contribution in [0.5, 0.6) is 0 Å². The molecule has 3 nitrogen and oxygen atoms in total. The minimum absolute atomic E-state index is 0.281. The zero-order chi connectivity index (χ0) is 13.1. The first-order valence-corrected chi connectivity index (χ1v) is 7.90. The molecule has 2 aromatic rings. The van der Waals surface area contributed by atoms with Crippen molar-refractivity contribution >= 4 is 21.6 Å². The van der Waals surface area contributed by atoms with Crippen molar-refractivity contribution in [3.05, 3.63) is 29.3 Å². The molecule has 1 aromatic heterocycles. The number of aromatic nitrogens is 1. The maximum absolute atomic E-state index is 9.03. The van der Waals surface area contributed by atoms with E-state index >= 15 is 0 Å². The first kappa shape index (κ1) is 13.0. The second-order valence-corrected chi connectivity index (χ2v) is 6.21. The molecule has 0 spiro atoms. The molecule has 1 N–H and O–H groups in total. The van der Waals surface area contributed by atoms with Gasteiger partial charge in [-0.2, -0.15) is 0 Å². The molecule has 1 saturated heterocycles. The molecule has 0 aliphatic carbocycles. The van der Waals surface area contributed by atoms with Crippen LogP contribution in [-0.2, 0) is 0 Å². The van der Waals surface area contributed by atoms with Crippen molar-refractivity contribution < 1.29 is 5.11 Å². The lowest BCUT2D eigenvalue weighted by Gasteiger charge is -2.34. The maximum Gasteiger partial charge on any atom is 0.111 e. The molecule has 0 bridgehead atoms. The van der Waals surface area contributed by atoms with Crippen molar-refractivity contribution in [2.24, 2.45) is 0 Å². The highest BCUT2D eigenvalue weighted by atomic mass is 32.1. The Morgan fingerprint density at radius 1 is 1.32 bits per heavy atom. The summed E-state index contributed by atoms with van der Waals surface area (Å²) in [4.78, 5) is 7.31. The van der Waals surface area contributed by atoms with E-state index in [2.05, 4.69) is 29.2 Å². The lowest BCUT2D eigenvalue weighted by Crippen LogP contribution is -2.34. The van der Waals surface area contributed by atoms with Crippen LogP contribution in [0.3, 0.4) is 0 Å². The van der Waals surface area contributed by atoms with Gasteiger partial charge in [-0.3, -0.25) is 4.90 Å². The highest BCUT2D eigenvalue weighted by Gasteiger charge is 2.26. The monoisotopic (exact) mass is 276 g/mol. The number of fused-ring (bicyclic) bond motifs is 1. The average molecular weight is 276 g/mol. The second kappa shape index (κ2) is 5.99. The van der Waals surface area contributed by atoms with Gasteiger partial charge in [0.2, 0.25) is 0 Å². The molecule has 3 rings (SSSR count). The molecular weight excluding hydrogens is 256 g/mol. The first-order valence-electron chi connectivity index (χ1n) is 7.09. The maximum atomic E-state index is 9.03. The van der Waals surface area contributed by atoms with E-state index in [0.29, 0.717) is 6.04 Å². The Morgan fingerprint density at radius 2 is 2.21 bits per heavy atom. The molecule has 0 amide bonds. The van der Waals surface area contributed by atoms with E-state index in [1.54, 1.807) is 0 Å². The van der Waals surface area contributed by atoms with E-state index < -0.39 is 0 Å². The van der Waals surface area contributed by atoms with Gasteiger partial charge in [-0.25, -0.2) is 4.98 Å². The van der Waals surface area contributed by atoms with Gasteiger partial charge in [0.25, 0.3) is 0 Å². The van der Waals surface area contributed by atoms with Crippen molar-refractivity contribution in [2.75, 3.05) is 19.7 Å². The number of benzene rings is 1. The predicted octanol–water partition coefficient (Wildman–Crippen LogP) is 3.21. The molecule has 1 aliphatic rings. The summed E-state index contributed by atoms with van der Waals surface area (Å²) in [5.41, 5.74) is 1.12. The molecule has 2 heterocycles. The topological polar surface area (TPSA) is 36.4 Å². The summed E-state index contributed by atoms with van der Waals surface area (Å²) in [6.07, 6.45) is 4.62. The van der Waals surface area contributed by atoms with Crippen LogP contribution in [0.2, 0.25) is 0 Å². The molecule has 1 fully saturated rings. The molecular formula is C15H20N2OS. The smallest absolute Gasteiger partial charge is 0.111 e. The SMILES string of the molecule is OCCCN1CCCCC1c1nc2ccccc2s1. The Balaban J connectivity index is 1.84. The number of hydrogen-bond donors (Lipinski definition) is 1. The minimum Gasteiger partial charge on any atom is -0.396 e. The van der Waals surface area contributed by atoms with Gasteiger partial charge in [0.1, 0.15) is 5.01 Å². The van der Waals surface area contributed by atoms with Gasteiger partial charge in [-0.05, 0) is 37.9 Å². The third-order valence-electron chi connectivity index (χ3n) is 3.81. The molecule has 19 heavy (non-hydrogen) atoms. The van der Waals surface area contributed by atoms with Crippen LogP contribution in [0.1, 0.15) is 36.7 Å². The minimum atomic E-state index is 0.281. The number of aliphatic hydroxyl groups is 1. The standard InChI is InChI=1S/C15H20N2OS/c18-11-5-10-17-9-4-3-7-13(17)15-16-12-6-1-2-8-14(12)19-15/h1-2,6,8,13,18H,3-5,7,9-11H2. The van der Waals surface area contributed by atoms with Crippen LogP contribution in [0.15, 0.2) is 24.3 Å². The summed E-state index contributed by atoms with van der Waals surface area (Å²) in [5.74, 6) is 0. The summed E-state index contributed by atoms with van der Waals surface area (Å²) in [6.45, 7) is 2.40. The van der Waals surface area contributed by atoms with Crippen LogP contribution in [0.4, 0.5) is 0 Å². The number of hydrogen-bond acceptors (Lipinski definition) is 4. The van der Waals surface area contributed by atoms with Crippen molar-refractivity contribution in [1.82, 2.24) is 9.88 Å². The first-order chi connectivity index (χ1) is 9.38. The Hall–Kier alpha value is -0.970. The Kier molecular flexibility index (Phi) is 4.11. The molecule has 1 atom stereocenters. The van der Waals surface area contributed by atoms with Crippen LogP contribution in [0.25, 0.3) is 10.2 Å². The molecule has 4 heteroatoms. The van der Waals surface area contributed by atoms with Gasteiger partial charge in [-0.15, -0.1) is 11.3 Å². The fraction of sp³-hybridized carbons (Fsp3) is 0.533. The van der Waals surface area contributed by atoms with Crippen molar-refractivity contribution in [1.29, 1.82) is 0 Å². The van der Waals surface area contributed by atoms with Gasteiger partial charge in [0.05, 0.1) is 16.3 Å². The number of para-hydroxylation sites is 1. The highest BCUT2D eigenvalue weighted by Crippen LogP contribution is 2.35. The molecule has 1 aromatic carbocycles. The third kappa shape index (κ3) is 2.81. The van der Waals surface area contributed by atoms with Gasteiger partial charge < -0.3 is 5.11 Å². The van der Waals surface area contributed by atoms with Crippen LogP contribution >= 0.6 is 11.3 Å². The van der Waals surface area contributed by atoms with Crippen LogP contribution in [-0.4, -0.2) is 34.7 Å². The number of likely N-dealkylation sites (tertiary alicyclic amines) is 1. The van der Waals surface area contributed by atoms with E-state index in [-0.39, 0.29) is 6.61 Å². The Morgan fingerprint density at radius 3 is 3.05 bits per heavy atom. The number of nitrogens with zero attached hydrogens (tertiary/aromatic N) is 2. The lowest BCUT2D eigenvalue weighted by molar-refractivity contribution is 0.135. The Bertz CT molecular complexity index is 507. The van der Waals surface area contributed by atoms with Crippen molar-refractivity contribution in [2.45, 2.75) is 31.7 Å². The normalized spacial score (nSPS) is 21.0. The summed E-state index contributed by atoms with van der Waals surface area (Å²) >= 11 is 1.83. The molecule has 0 radical (unpaired) electrons. The van der Waals surface area contributed by atoms with Crippen molar-refractivity contribution in [3.63, 3.8) is 0 Å². The summed E-state index contributed by atoms with van der Waals surface area (Å²) in [6, 6.07) is 8.83. The predicted molar refractivity (Wildman–Crippen MR) is 79.5 cm³/mol. The van der Waals surface area contributed by atoms with E-state index in [9.17, 15) is 0 Å². The largest absolute Gasteiger partial charge is 0.396 e. The summed E-state index contributed by atoms with van der Waals surface area (Å²) < 4.78 is 1.28. The Labute approximate surface area is 117 Å².